The van der Waals surface area contributed by atoms with Gasteiger partial charge in [0.25, 0.3) is 0 Å². The van der Waals surface area contributed by atoms with Crippen molar-refractivity contribution in [1.29, 1.82) is 0 Å². The van der Waals surface area contributed by atoms with Crippen LogP contribution in [0.4, 0.5) is 20.2 Å². The first kappa shape index (κ1) is 30.0. The molecule has 0 unspecified atom stereocenters. The zero-order valence-electron chi connectivity index (χ0n) is 25.0. The van der Waals surface area contributed by atoms with Gasteiger partial charge in [-0.15, -0.1) is 11.3 Å². The molecule has 0 radical (unpaired) electrons. The number of thiophene rings is 1. The summed E-state index contributed by atoms with van der Waals surface area (Å²) in [6.07, 6.45) is 9.58. The van der Waals surface area contributed by atoms with E-state index in [2.05, 4.69) is 19.4 Å². The molecule has 3 aromatic heterocycles. The number of para-hydroxylation sites is 1. The fourth-order valence-corrected chi connectivity index (χ4v) is 6.97. The van der Waals surface area contributed by atoms with Crippen LogP contribution in [0.25, 0.3) is 20.8 Å². The van der Waals surface area contributed by atoms with E-state index in [1.54, 1.807) is 18.3 Å². The number of likely N-dealkylation sites (tertiary alicyclic amines) is 1. The van der Waals surface area contributed by atoms with E-state index >= 15 is 4.39 Å². The van der Waals surface area contributed by atoms with E-state index in [9.17, 15) is 14.0 Å². The van der Waals surface area contributed by atoms with Crippen molar-refractivity contribution in [3.8, 4) is 22.1 Å². The minimum atomic E-state index is -1.45. The molecule has 1 saturated heterocycles. The lowest BCUT2D eigenvalue weighted by Crippen LogP contribution is -2.41. The summed E-state index contributed by atoms with van der Waals surface area (Å²) in [5, 5.41) is 0. The van der Waals surface area contributed by atoms with Gasteiger partial charge in [0.2, 0.25) is 11.8 Å². The zero-order chi connectivity index (χ0) is 31.8. The van der Waals surface area contributed by atoms with Crippen molar-refractivity contribution >= 4 is 44.7 Å². The Morgan fingerprint density at radius 1 is 0.978 bits per heavy atom. The number of carbonyl (C=O) groups excluding carboxylic acids is 2. The second-order valence-corrected chi connectivity index (χ2v) is 12.8. The van der Waals surface area contributed by atoms with E-state index in [0.717, 1.165) is 45.7 Å². The fourth-order valence-electron chi connectivity index (χ4n) is 5.95. The minimum Gasteiger partial charge on any atom is -0.453 e. The van der Waals surface area contributed by atoms with Gasteiger partial charge in [-0.25, -0.2) is 13.8 Å². The normalized spacial score (nSPS) is 15.7. The molecule has 1 saturated carbocycles. The molecular formula is C34H32F2N6O3S. The van der Waals surface area contributed by atoms with Crippen LogP contribution in [0.1, 0.15) is 32.1 Å². The summed E-state index contributed by atoms with van der Waals surface area (Å²) in [7, 11) is 0. The van der Waals surface area contributed by atoms with Crippen molar-refractivity contribution in [1.82, 2.24) is 19.4 Å². The number of primary amides is 1. The summed E-state index contributed by atoms with van der Waals surface area (Å²) in [5.41, 5.74) is 5.55. The van der Waals surface area contributed by atoms with Crippen LogP contribution >= 0.6 is 11.3 Å². The summed E-state index contributed by atoms with van der Waals surface area (Å²) < 4.78 is 39.4. The van der Waals surface area contributed by atoms with E-state index in [-0.39, 0.29) is 30.0 Å². The van der Waals surface area contributed by atoms with Gasteiger partial charge in [0.1, 0.15) is 17.0 Å². The van der Waals surface area contributed by atoms with E-state index in [0.29, 0.717) is 11.3 Å². The molecule has 236 valence electrons. The molecule has 5 aromatic rings. The van der Waals surface area contributed by atoms with Crippen molar-refractivity contribution in [2.24, 2.45) is 11.1 Å². The number of benzene rings is 2. The van der Waals surface area contributed by atoms with Gasteiger partial charge in [0, 0.05) is 31.1 Å². The topological polar surface area (TPSA) is 107 Å². The number of aromatic nitrogens is 3. The van der Waals surface area contributed by atoms with Gasteiger partial charge in [-0.1, -0.05) is 12.1 Å². The van der Waals surface area contributed by atoms with Gasteiger partial charge in [-0.05, 0) is 82.1 Å². The number of hydrogen-bond acceptors (Lipinski definition) is 7. The highest BCUT2D eigenvalue weighted by molar-refractivity contribution is 7.22. The standard InChI is InChI=1S/C34H32F2N6O3S/c35-23-6-1-2-7-27(23)42(33(44)34(11-12-34)32(37)43)22-8-9-28(24(36)18-22)45-29-10-13-38-25-19-30(46-31(25)29)26-20-41(21-39-26)17-5-16-40-14-3-4-15-40/h1-2,6-10,13,18-21H,3-5,11-12,14-17H2,(H2,37,43). The fraction of sp³-hybridized carbons (Fsp3) is 0.294. The molecule has 0 atom stereocenters. The SMILES string of the molecule is NC(=O)C1(C(=O)N(c2ccc(Oc3ccnc4cc(-c5cn(CCCN6CCCC6)cn5)sc34)c(F)c2)c2ccccc2F)CC1. The molecule has 2 aromatic carbocycles. The third-order valence-corrected chi connectivity index (χ3v) is 9.83. The summed E-state index contributed by atoms with van der Waals surface area (Å²) in [5.74, 6) is -2.65. The summed E-state index contributed by atoms with van der Waals surface area (Å²) in [6, 6.07) is 13.1. The maximum Gasteiger partial charge on any atom is 0.247 e. The number of halogens is 2. The number of imidazole rings is 1. The van der Waals surface area contributed by atoms with E-state index in [1.807, 2.05) is 18.6 Å². The third kappa shape index (κ3) is 5.74. The molecular weight excluding hydrogens is 610 g/mol. The van der Waals surface area contributed by atoms with Crippen LogP contribution in [0.5, 0.6) is 11.5 Å². The zero-order valence-corrected chi connectivity index (χ0v) is 25.8. The molecule has 2 N–H and O–H groups in total. The largest absolute Gasteiger partial charge is 0.453 e. The number of nitrogens with two attached hydrogens (primary N) is 1. The number of nitrogens with zero attached hydrogens (tertiary/aromatic N) is 5. The Labute approximate surface area is 268 Å². The number of fused-ring (bicyclic) bond motifs is 1. The Bertz CT molecular complexity index is 1930. The monoisotopic (exact) mass is 642 g/mol. The molecule has 1 aliphatic heterocycles. The first-order chi connectivity index (χ1) is 22.3. The van der Waals surface area contributed by atoms with Gasteiger partial charge in [0.05, 0.1) is 38.5 Å². The average molecular weight is 643 g/mol. The van der Waals surface area contributed by atoms with Gasteiger partial charge >= 0.3 is 0 Å². The van der Waals surface area contributed by atoms with Crippen LogP contribution in [0, 0.1) is 17.0 Å². The summed E-state index contributed by atoms with van der Waals surface area (Å²) in [4.78, 5) is 39.2. The Morgan fingerprint density at radius 2 is 1.78 bits per heavy atom. The molecule has 0 spiro atoms. The second-order valence-electron chi connectivity index (χ2n) is 11.8. The molecule has 9 nitrogen and oxygen atoms in total. The van der Waals surface area contributed by atoms with Crippen LogP contribution in [-0.2, 0) is 16.1 Å². The highest BCUT2D eigenvalue weighted by Crippen LogP contribution is 2.49. The molecule has 4 heterocycles. The average Bonchev–Trinajstić information content (AvgIpc) is 3.36. The van der Waals surface area contributed by atoms with Crippen molar-refractivity contribution in [3.05, 3.63) is 85.0 Å². The molecule has 0 bridgehead atoms. The molecule has 2 amide bonds. The lowest BCUT2D eigenvalue weighted by molar-refractivity contribution is -0.133. The Hall–Kier alpha value is -4.68. The number of hydrogen-bond donors (Lipinski definition) is 1. The number of aryl methyl sites for hydroxylation is 1. The summed E-state index contributed by atoms with van der Waals surface area (Å²) in [6.45, 7) is 4.35. The number of anilines is 2. The number of rotatable bonds is 11. The third-order valence-electron chi connectivity index (χ3n) is 8.67. The quantitative estimate of drug-likeness (QED) is 0.162. The summed E-state index contributed by atoms with van der Waals surface area (Å²) >= 11 is 1.45. The molecule has 46 heavy (non-hydrogen) atoms. The van der Waals surface area contributed by atoms with E-state index < -0.39 is 28.9 Å². The van der Waals surface area contributed by atoms with Gasteiger partial charge in [0.15, 0.2) is 11.6 Å². The van der Waals surface area contributed by atoms with Gasteiger partial charge in [-0.2, -0.15) is 0 Å². The minimum absolute atomic E-state index is 0.0433. The predicted molar refractivity (Wildman–Crippen MR) is 172 cm³/mol. The number of ether oxygens (including phenoxy) is 1. The van der Waals surface area contributed by atoms with E-state index in [4.69, 9.17) is 10.5 Å². The Morgan fingerprint density at radius 3 is 2.52 bits per heavy atom. The molecule has 12 heteroatoms. The van der Waals surface area contributed by atoms with Crippen LogP contribution in [0.3, 0.4) is 0 Å². The van der Waals surface area contributed by atoms with Crippen LogP contribution in [0.2, 0.25) is 0 Å². The van der Waals surface area contributed by atoms with Crippen LogP contribution in [-0.4, -0.2) is 50.9 Å². The van der Waals surface area contributed by atoms with Crippen LogP contribution < -0.4 is 15.4 Å². The van der Waals surface area contributed by atoms with Crippen molar-refractivity contribution in [3.63, 3.8) is 0 Å². The Balaban J connectivity index is 1.12. The van der Waals surface area contributed by atoms with Crippen molar-refractivity contribution in [2.75, 3.05) is 24.5 Å². The lowest BCUT2D eigenvalue weighted by atomic mass is 10.0. The maximum atomic E-state index is 15.6. The van der Waals surface area contributed by atoms with Crippen molar-refractivity contribution in [2.45, 2.75) is 38.6 Å². The molecule has 1 aliphatic carbocycles. The number of carbonyl (C=O) groups is 2. The Kier molecular flexibility index (Phi) is 7.99. The second kappa shape index (κ2) is 12.3. The van der Waals surface area contributed by atoms with E-state index in [1.165, 1.54) is 67.6 Å². The maximum absolute atomic E-state index is 15.6. The highest BCUT2D eigenvalue weighted by Gasteiger charge is 2.57. The van der Waals surface area contributed by atoms with Crippen LogP contribution in [0.15, 0.2) is 73.3 Å². The molecule has 2 aliphatic rings. The highest BCUT2D eigenvalue weighted by atomic mass is 32.1. The smallest absolute Gasteiger partial charge is 0.247 e. The first-order valence-corrected chi connectivity index (χ1v) is 16.1. The molecule has 7 rings (SSSR count). The van der Waals surface area contributed by atoms with Crippen molar-refractivity contribution < 1.29 is 23.1 Å². The number of pyridine rings is 1. The molecule has 2 fully saturated rings. The van der Waals surface area contributed by atoms with Gasteiger partial charge < -0.3 is 19.9 Å². The van der Waals surface area contributed by atoms with Gasteiger partial charge in [-0.3, -0.25) is 19.5 Å². The number of amides is 2. The predicted octanol–water partition coefficient (Wildman–Crippen LogP) is 6.65. The lowest BCUT2D eigenvalue weighted by Gasteiger charge is -2.27. The first-order valence-electron chi connectivity index (χ1n) is 15.3.